The summed E-state index contributed by atoms with van der Waals surface area (Å²) in [5, 5.41) is 6.61. The predicted octanol–water partition coefficient (Wildman–Crippen LogP) is 1.44. The number of aromatic nitrogens is 2. The van der Waals surface area contributed by atoms with Crippen LogP contribution in [0, 0.1) is 5.41 Å². The van der Waals surface area contributed by atoms with E-state index in [0.29, 0.717) is 5.82 Å². The Balaban J connectivity index is 1.95. The highest BCUT2D eigenvalue weighted by molar-refractivity contribution is 5.85. The first-order valence-electron chi connectivity index (χ1n) is 5.25. The van der Waals surface area contributed by atoms with Crippen LogP contribution in [0.5, 0.6) is 0 Å². The maximum absolute atomic E-state index is 11.9. The second kappa shape index (κ2) is 3.64. The molecule has 1 aliphatic rings. The van der Waals surface area contributed by atoms with Gasteiger partial charge in [0.1, 0.15) is 0 Å². The Hall–Kier alpha value is -1.39. The molecular formula is C10H15N3O2. The summed E-state index contributed by atoms with van der Waals surface area (Å²) >= 11 is 0. The molecular weight excluding hydrogens is 194 g/mol. The lowest BCUT2D eigenvalue weighted by molar-refractivity contribution is -0.127. The predicted molar refractivity (Wildman–Crippen MR) is 52.8 cm³/mol. The molecule has 1 heterocycles. The first-order valence-corrected chi connectivity index (χ1v) is 5.25. The summed E-state index contributed by atoms with van der Waals surface area (Å²) in [6.07, 6.45) is 4.16. The number of amides is 1. The molecule has 5 heteroatoms. The van der Waals surface area contributed by atoms with Crippen molar-refractivity contribution in [2.24, 2.45) is 5.41 Å². The van der Waals surface area contributed by atoms with Crippen LogP contribution in [0.3, 0.4) is 0 Å². The number of rotatable bonds is 4. The van der Waals surface area contributed by atoms with Gasteiger partial charge in [-0.25, -0.2) is 0 Å². The highest BCUT2D eigenvalue weighted by Crippen LogP contribution is 2.49. The third-order valence-corrected chi connectivity index (χ3v) is 3.13. The summed E-state index contributed by atoms with van der Waals surface area (Å²) in [6, 6.07) is -0.180. The van der Waals surface area contributed by atoms with E-state index >= 15 is 0 Å². The molecule has 1 unspecified atom stereocenters. The lowest BCUT2D eigenvalue weighted by atomic mass is 10.0. The molecule has 1 atom stereocenters. The smallest absolute Gasteiger partial charge is 0.226 e. The number of hydrogen-bond donors (Lipinski definition) is 1. The molecule has 0 spiro atoms. The first-order chi connectivity index (χ1) is 7.18. The van der Waals surface area contributed by atoms with Gasteiger partial charge in [0.25, 0.3) is 0 Å². The van der Waals surface area contributed by atoms with E-state index in [1.54, 1.807) is 0 Å². The molecule has 1 aromatic heterocycles. The normalized spacial score (nSPS) is 19.6. The van der Waals surface area contributed by atoms with Crippen molar-refractivity contribution in [1.29, 1.82) is 0 Å². The molecule has 1 aliphatic carbocycles. The SMILES string of the molecule is CCC1(C(=O)NC(C)c2ncon2)CC1. The average molecular weight is 209 g/mol. The monoisotopic (exact) mass is 209 g/mol. The van der Waals surface area contributed by atoms with Crippen molar-refractivity contribution in [2.45, 2.75) is 39.2 Å². The van der Waals surface area contributed by atoms with Crippen molar-refractivity contribution >= 4 is 5.91 Å². The zero-order chi connectivity index (χ0) is 10.9. The Morgan fingerprint density at radius 1 is 1.73 bits per heavy atom. The van der Waals surface area contributed by atoms with Gasteiger partial charge in [-0.05, 0) is 26.2 Å². The van der Waals surface area contributed by atoms with E-state index in [2.05, 4.69) is 20.0 Å². The highest BCUT2D eigenvalue weighted by Gasteiger charge is 2.48. The van der Waals surface area contributed by atoms with Crippen LogP contribution in [0.1, 0.15) is 45.0 Å². The van der Waals surface area contributed by atoms with Gasteiger partial charge in [-0.3, -0.25) is 4.79 Å². The molecule has 15 heavy (non-hydrogen) atoms. The van der Waals surface area contributed by atoms with Crippen molar-refractivity contribution in [1.82, 2.24) is 15.5 Å². The van der Waals surface area contributed by atoms with E-state index < -0.39 is 0 Å². The van der Waals surface area contributed by atoms with E-state index in [1.807, 2.05) is 13.8 Å². The van der Waals surface area contributed by atoms with E-state index in [4.69, 9.17) is 0 Å². The van der Waals surface area contributed by atoms with Gasteiger partial charge < -0.3 is 9.84 Å². The molecule has 1 aromatic rings. The minimum Gasteiger partial charge on any atom is -0.346 e. The van der Waals surface area contributed by atoms with Gasteiger partial charge in [-0.1, -0.05) is 12.1 Å². The quantitative estimate of drug-likeness (QED) is 0.814. The van der Waals surface area contributed by atoms with E-state index in [1.165, 1.54) is 6.39 Å². The fraction of sp³-hybridized carbons (Fsp3) is 0.700. The van der Waals surface area contributed by atoms with E-state index in [9.17, 15) is 4.79 Å². The van der Waals surface area contributed by atoms with Crippen LogP contribution in [0.25, 0.3) is 0 Å². The first kappa shape index (κ1) is 10.1. The Bertz CT molecular complexity index is 344. The number of carbonyl (C=O) groups is 1. The number of nitrogens with zero attached hydrogens (tertiary/aromatic N) is 2. The topological polar surface area (TPSA) is 68.0 Å². The van der Waals surface area contributed by atoms with Crippen LogP contribution in [0.15, 0.2) is 10.9 Å². The van der Waals surface area contributed by atoms with Gasteiger partial charge in [-0.2, -0.15) is 4.98 Å². The fourth-order valence-corrected chi connectivity index (χ4v) is 1.68. The molecule has 5 nitrogen and oxygen atoms in total. The highest BCUT2D eigenvalue weighted by atomic mass is 16.5. The van der Waals surface area contributed by atoms with Crippen molar-refractivity contribution in [3.8, 4) is 0 Å². The minimum absolute atomic E-state index is 0.113. The average Bonchev–Trinajstić information content (AvgIpc) is 2.84. The van der Waals surface area contributed by atoms with Crippen LogP contribution in [-0.4, -0.2) is 16.0 Å². The summed E-state index contributed by atoms with van der Waals surface area (Å²) in [4.78, 5) is 15.8. The number of carbonyl (C=O) groups excluding carboxylic acids is 1. The maximum atomic E-state index is 11.9. The van der Waals surface area contributed by atoms with Crippen LogP contribution < -0.4 is 5.32 Å². The summed E-state index contributed by atoms with van der Waals surface area (Å²) in [6.45, 7) is 3.90. The lowest BCUT2D eigenvalue weighted by Gasteiger charge is -2.15. The molecule has 0 saturated heterocycles. The molecule has 0 aliphatic heterocycles. The van der Waals surface area contributed by atoms with Crippen molar-refractivity contribution in [3.63, 3.8) is 0 Å². The maximum Gasteiger partial charge on any atom is 0.226 e. The molecule has 82 valence electrons. The zero-order valence-electron chi connectivity index (χ0n) is 8.99. The van der Waals surface area contributed by atoms with Crippen LogP contribution >= 0.6 is 0 Å². The van der Waals surface area contributed by atoms with Gasteiger partial charge in [0.2, 0.25) is 12.3 Å². The van der Waals surface area contributed by atoms with Gasteiger partial charge in [0, 0.05) is 5.41 Å². The van der Waals surface area contributed by atoms with Gasteiger partial charge >= 0.3 is 0 Å². The Labute approximate surface area is 88.2 Å². The molecule has 1 saturated carbocycles. The summed E-state index contributed by atoms with van der Waals surface area (Å²) in [7, 11) is 0. The minimum atomic E-state index is -0.180. The second-order valence-electron chi connectivity index (χ2n) is 4.12. The fourth-order valence-electron chi connectivity index (χ4n) is 1.68. The van der Waals surface area contributed by atoms with Crippen LogP contribution in [0.4, 0.5) is 0 Å². The largest absolute Gasteiger partial charge is 0.346 e. The Morgan fingerprint density at radius 3 is 2.93 bits per heavy atom. The van der Waals surface area contributed by atoms with Crippen molar-refractivity contribution in [3.05, 3.63) is 12.2 Å². The van der Waals surface area contributed by atoms with Crippen molar-refractivity contribution in [2.75, 3.05) is 0 Å². The summed E-state index contributed by atoms with van der Waals surface area (Å²) < 4.78 is 4.63. The molecule has 1 N–H and O–H groups in total. The Morgan fingerprint density at radius 2 is 2.47 bits per heavy atom. The molecule has 2 rings (SSSR count). The summed E-state index contributed by atoms with van der Waals surface area (Å²) in [5.41, 5.74) is -0.113. The molecule has 0 aromatic carbocycles. The standard InChI is InChI=1S/C10H15N3O2/c1-3-10(4-5-10)9(14)12-7(2)8-11-6-15-13-8/h6-7H,3-5H2,1-2H3,(H,12,14). The second-order valence-corrected chi connectivity index (χ2v) is 4.12. The lowest BCUT2D eigenvalue weighted by Crippen LogP contribution is -2.34. The Kier molecular flexibility index (Phi) is 2.46. The molecule has 0 bridgehead atoms. The van der Waals surface area contributed by atoms with E-state index in [0.717, 1.165) is 19.3 Å². The third-order valence-electron chi connectivity index (χ3n) is 3.13. The number of nitrogens with one attached hydrogen (secondary N) is 1. The molecule has 0 radical (unpaired) electrons. The molecule has 1 amide bonds. The summed E-state index contributed by atoms with van der Waals surface area (Å²) in [5.74, 6) is 0.637. The van der Waals surface area contributed by atoms with Gasteiger partial charge in [-0.15, -0.1) is 0 Å². The zero-order valence-corrected chi connectivity index (χ0v) is 8.99. The third kappa shape index (κ3) is 1.86. The molecule has 1 fully saturated rings. The van der Waals surface area contributed by atoms with E-state index in [-0.39, 0.29) is 17.4 Å². The van der Waals surface area contributed by atoms with Crippen LogP contribution in [0.2, 0.25) is 0 Å². The van der Waals surface area contributed by atoms with Crippen LogP contribution in [-0.2, 0) is 4.79 Å². The van der Waals surface area contributed by atoms with Gasteiger partial charge in [0.15, 0.2) is 5.82 Å². The number of hydrogen-bond acceptors (Lipinski definition) is 4. The van der Waals surface area contributed by atoms with Gasteiger partial charge in [0.05, 0.1) is 6.04 Å². The van der Waals surface area contributed by atoms with Crippen molar-refractivity contribution < 1.29 is 9.32 Å².